The fourth-order valence-electron chi connectivity index (χ4n) is 2.57. The molecule has 1 N–H and O–H groups in total. The molecule has 0 bridgehead atoms. The number of nitrogens with zero attached hydrogens (tertiary/aromatic N) is 2. The molecule has 1 aromatic rings. The summed E-state index contributed by atoms with van der Waals surface area (Å²) in [7, 11) is 1.39. The Morgan fingerprint density at radius 1 is 1.27 bits per heavy atom. The number of hydrogen-bond acceptors (Lipinski definition) is 3. The van der Waals surface area contributed by atoms with Gasteiger partial charge in [-0.3, -0.25) is 4.99 Å². The standard InChI is InChI=1S/C17H25N3O2/c1-3-18-17(20-12-4-5-13-20)19-11-10-14-6-8-15(9-7-14)16(21)22-2/h6-9H,3-5,10-13H2,1-2H3,(H,18,19). The van der Waals surface area contributed by atoms with Crippen LogP contribution in [0.15, 0.2) is 29.3 Å². The number of hydrogen-bond donors (Lipinski definition) is 1. The summed E-state index contributed by atoms with van der Waals surface area (Å²) in [6.45, 7) is 5.93. The minimum Gasteiger partial charge on any atom is -0.465 e. The van der Waals surface area contributed by atoms with Crippen LogP contribution in [0, 0.1) is 0 Å². The van der Waals surface area contributed by atoms with Gasteiger partial charge in [0.15, 0.2) is 5.96 Å². The molecule has 0 radical (unpaired) electrons. The zero-order chi connectivity index (χ0) is 15.8. The van der Waals surface area contributed by atoms with Gasteiger partial charge >= 0.3 is 5.97 Å². The van der Waals surface area contributed by atoms with Gasteiger partial charge in [0.2, 0.25) is 0 Å². The van der Waals surface area contributed by atoms with Gasteiger partial charge in [-0.15, -0.1) is 0 Å². The molecule has 5 heteroatoms. The molecule has 120 valence electrons. The lowest BCUT2D eigenvalue weighted by Crippen LogP contribution is -2.39. The Labute approximate surface area is 132 Å². The van der Waals surface area contributed by atoms with E-state index in [-0.39, 0.29) is 5.97 Å². The third kappa shape index (κ3) is 4.48. The van der Waals surface area contributed by atoms with Crippen molar-refractivity contribution in [3.8, 4) is 0 Å². The van der Waals surface area contributed by atoms with Crippen molar-refractivity contribution in [1.29, 1.82) is 0 Å². The maximum Gasteiger partial charge on any atom is 0.337 e. The largest absolute Gasteiger partial charge is 0.465 e. The summed E-state index contributed by atoms with van der Waals surface area (Å²) in [5.41, 5.74) is 1.76. The number of guanidine groups is 1. The molecule has 0 saturated carbocycles. The number of rotatable bonds is 5. The molecule has 0 spiro atoms. The minimum atomic E-state index is -0.298. The van der Waals surface area contributed by atoms with Gasteiger partial charge in [-0.25, -0.2) is 4.79 Å². The Hall–Kier alpha value is -2.04. The van der Waals surface area contributed by atoms with E-state index in [4.69, 9.17) is 9.73 Å². The summed E-state index contributed by atoms with van der Waals surface area (Å²) in [6.07, 6.45) is 3.36. The van der Waals surface area contributed by atoms with Gasteiger partial charge in [0, 0.05) is 26.2 Å². The molecule has 5 nitrogen and oxygen atoms in total. The lowest BCUT2D eigenvalue weighted by molar-refractivity contribution is 0.0600. The lowest BCUT2D eigenvalue weighted by Gasteiger charge is -2.20. The van der Waals surface area contributed by atoms with E-state index in [2.05, 4.69) is 17.1 Å². The fraction of sp³-hybridized carbons (Fsp3) is 0.529. The molecule has 1 saturated heterocycles. The summed E-state index contributed by atoms with van der Waals surface area (Å²) in [5, 5.41) is 3.36. The maximum absolute atomic E-state index is 11.4. The van der Waals surface area contributed by atoms with E-state index in [1.165, 1.54) is 25.5 Å². The third-order valence-corrected chi connectivity index (χ3v) is 3.78. The lowest BCUT2D eigenvalue weighted by atomic mass is 10.1. The molecule has 1 heterocycles. The van der Waals surface area contributed by atoms with Crippen LogP contribution in [0.25, 0.3) is 0 Å². The number of carbonyl (C=O) groups excluding carboxylic acids is 1. The Morgan fingerprint density at radius 2 is 1.95 bits per heavy atom. The molecule has 0 unspecified atom stereocenters. The highest BCUT2D eigenvalue weighted by molar-refractivity contribution is 5.89. The minimum absolute atomic E-state index is 0.298. The van der Waals surface area contributed by atoms with Gasteiger partial charge < -0.3 is 15.0 Å². The molecular weight excluding hydrogens is 278 g/mol. The second kappa shape index (κ2) is 8.41. The van der Waals surface area contributed by atoms with Crippen molar-refractivity contribution in [3.05, 3.63) is 35.4 Å². The monoisotopic (exact) mass is 303 g/mol. The number of carbonyl (C=O) groups is 1. The van der Waals surface area contributed by atoms with Crippen LogP contribution in [0.1, 0.15) is 35.7 Å². The summed E-state index contributed by atoms with van der Waals surface area (Å²) < 4.78 is 4.70. The van der Waals surface area contributed by atoms with E-state index in [1.807, 2.05) is 12.1 Å². The SMILES string of the molecule is CCNC(=NCCc1ccc(C(=O)OC)cc1)N1CCCC1. The highest BCUT2D eigenvalue weighted by atomic mass is 16.5. The second-order valence-electron chi connectivity index (χ2n) is 5.37. The van der Waals surface area contributed by atoms with Crippen molar-refractivity contribution < 1.29 is 9.53 Å². The number of likely N-dealkylation sites (tertiary alicyclic amines) is 1. The van der Waals surface area contributed by atoms with E-state index in [0.717, 1.165) is 38.6 Å². The zero-order valence-electron chi connectivity index (χ0n) is 13.5. The Balaban J connectivity index is 1.90. The molecule has 0 atom stereocenters. The van der Waals surface area contributed by atoms with Crippen LogP contribution in [0.5, 0.6) is 0 Å². The van der Waals surface area contributed by atoms with Crippen LogP contribution in [-0.4, -0.2) is 50.1 Å². The summed E-state index contributed by atoms with van der Waals surface area (Å²) in [4.78, 5) is 18.4. The molecule has 0 aliphatic carbocycles. The quantitative estimate of drug-likeness (QED) is 0.514. The number of esters is 1. The number of nitrogens with one attached hydrogen (secondary N) is 1. The second-order valence-corrected chi connectivity index (χ2v) is 5.37. The van der Waals surface area contributed by atoms with Crippen LogP contribution >= 0.6 is 0 Å². The number of methoxy groups -OCH3 is 1. The van der Waals surface area contributed by atoms with Gasteiger partial charge in [0.1, 0.15) is 0 Å². The number of ether oxygens (including phenoxy) is 1. The molecule has 1 fully saturated rings. The normalized spacial score (nSPS) is 15.0. The van der Waals surface area contributed by atoms with Crippen molar-refractivity contribution in [3.63, 3.8) is 0 Å². The van der Waals surface area contributed by atoms with Gasteiger partial charge in [-0.2, -0.15) is 0 Å². The predicted octanol–water partition coefficient (Wildman–Crippen LogP) is 2.08. The topological polar surface area (TPSA) is 53.9 Å². The first kappa shape index (κ1) is 16.3. The van der Waals surface area contributed by atoms with Crippen molar-refractivity contribution in [2.75, 3.05) is 33.3 Å². The first-order valence-corrected chi connectivity index (χ1v) is 7.95. The van der Waals surface area contributed by atoms with Gasteiger partial charge in [0.05, 0.1) is 12.7 Å². The molecule has 2 rings (SSSR count). The van der Waals surface area contributed by atoms with Crippen molar-refractivity contribution in [1.82, 2.24) is 10.2 Å². The fourth-order valence-corrected chi connectivity index (χ4v) is 2.57. The molecular formula is C17H25N3O2. The van der Waals surface area contributed by atoms with E-state index in [1.54, 1.807) is 12.1 Å². The Morgan fingerprint density at radius 3 is 2.55 bits per heavy atom. The van der Waals surface area contributed by atoms with E-state index in [0.29, 0.717) is 5.56 Å². The van der Waals surface area contributed by atoms with Crippen molar-refractivity contribution in [2.45, 2.75) is 26.2 Å². The van der Waals surface area contributed by atoms with Gasteiger partial charge in [-0.1, -0.05) is 12.1 Å². The van der Waals surface area contributed by atoms with Crippen molar-refractivity contribution >= 4 is 11.9 Å². The molecule has 1 aromatic carbocycles. The zero-order valence-corrected chi connectivity index (χ0v) is 13.5. The average molecular weight is 303 g/mol. The van der Waals surface area contributed by atoms with Crippen LogP contribution in [0.3, 0.4) is 0 Å². The van der Waals surface area contributed by atoms with Crippen LogP contribution < -0.4 is 5.32 Å². The number of aliphatic imine (C=N–C) groups is 1. The van der Waals surface area contributed by atoms with Gasteiger partial charge in [0.25, 0.3) is 0 Å². The molecule has 1 aliphatic rings. The first-order valence-electron chi connectivity index (χ1n) is 7.95. The van der Waals surface area contributed by atoms with Crippen molar-refractivity contribution in [2.24, 2.45) is 4.99 Å². The first-order chi connectivity index (χ1) is 10.7. The predicted molar refractivity (Wildman–Crippen MR) is 88.3 cm³/mol. The summed E-state index contributed by atoms with van der Waals surface area (Å²) in [5.74, 6) is 0.721. The summed E-state index contributed by atoms with van der Waals surface area (Å²) >= 11 is 0. The Kier molecular flexibility index (Phi) is 6.25. The Bertz CT molecular complexity index is 505. The molecule has 0 aromatic heterocycles. The third-order valence-electron chi connectivity index (χ3n) is 3.78. The molecule has 0 amide bonds. The number of benzene rings is 1. The smallest absolute Gasteiger partial charge is 0.337 e. The summed E-state index contributed by atoms with van der Waals surface area (Å²) in [6, 6.07) is 7.53. The maximum atomic E-state index is 11.4. The highest BCUT2D eigenvalue weighted by Gasteiger charge is 2.15. The van der Waals surface area contributed by atoms with E-state index >= 15 is 0 Å². The van der Waals surface area contributed by atoms with Gasteiger partial charge in [-0.05, 0) is 43.9 Å². The van der Waals surface area contributed by atoms with Crippen LogP contribution in [-0.2, 0) is 11.2 Å². The van der Waals surface area contributed by atoms with E-state index < -0.39 is 0 Å². The van der Waals surface area contributed by atoms with Crippen LogP contribution in [0.2, 0.25) is 0 Å². The van der Waals surface area contributed by atoms with E-state index in [9.17, 15) is 4.79 Å². The molecule has 1 aliphatic heterocycles. The molecule has 22 heavy (non-hydrogen) atoms. The van der Waals surface area contributed by atoms with Crippen LogP contribution in [0.4, 0.5) is 0 Å². The average Bonchev–Trinajstić information content (AvgIpc) is 3.08. The highest BCUT2D eigenvalue weighted by Crippen LogP contribution is 2.09.